The molecule has 2 N–H and O–H groups in total. The third kappa shape index (κ3) is 3.33. The molecule has 2 rings (SSSR count). The van der Waals surface area contributed by atoms with E-state index in [0.29, 0.717) is 10.2 Å². The SMILES string of the molecule is CCc1ccc([C@H](C)NC(=O)c2ccc[nH]c2=S)cc1. The number of amides is 1. The zero-order valence-corrected chi connectivity index (χ0v) is 12.5. The summed E-state index contributed by atoms with van der Waals surface area (Å²) in [6, 6.07) is 11.7. The van der Waals surface area contributed by atoms with E-state index in [4.69, 9.17) is 12.2 Å². The molecule has 1 aromatic heterocycles. The molecule has 0 aliphatic rings. The molecule has 0 unspecified atom stereocenters. The lowest BCUT2D eigenvalue weighted by Crippen LogP contribution is -2.27. The Labute approximate surface area is 124 Å². The van der Waals surface area contributed by atoms with Crippen LogP contribution in [-0.4, -0.2) is 10.9 Å². The fraction of sp³-hybridized carbons (Fsp3) is 0.250. The van der Waals surface area contributed by atoms with Crippen molar-refractivity contribution in [2.45, 2.75) is 26.3 Å². The van der Waals surface area contributed by atoms with Crippen LogP contribution in [0.1, 0.15) is 41.4 Å². The molecule has 4 heteroatoms. The molecular weight excluding hydrogens is 268 g/mol. The van der Waals surface area contributed by atoms with Gasteiger partial charge in [0.1, 0.15) is 4.64 Å². The van der Waals surface area contributed by atoms with Gasteiger partial charge in [-0.1, -0.05) is 43.4 Å². The second kappa shape index (κ2) is 6.48. The Morgan fingerprint density at radius 1 is 1.30 bits per heavy atom. The van der Waals surface area contributed by atoms with Gasteiger partial charge in [0.25, 0.3) is 5.91 Å². The molecule has 20 heavy (non-hydrogen) atoms. The topological polar surface area (TPSA) is 44.9 Å². The third-order valence-electron chi connectivity index (χ3n) is 3.30. The Hall–Kier alpha value is -1.94. The van der Waals surface area contributed by atoms with Crippen LogP contribution < -0.4 is 5.32 Å². The second-order valence-corrected chi connectivity index (χ2v) is 5.11. The van der Waals surface area contributed by atoms with Crippen LogP contribution in [-0.2, 0) is 6.42 Å². The summed E-state index contributed by atoms with van der Waals surface area (Å²) in [7, 11) is 0. The standard InChI is InChI=1S/C16H18N2OS/c1-3-12-6-8-13(9-7-12)11(2)18-15(19)14-5-4-10-17-16(14)20/h4-11H,3H2,1-2H3,(H,17,20)(H,18,19)/t11-/m0/s1. The van der Waals surface area contributed by atoms with Crippen LogP contribution in [0.3, 0.4) is 0 Å². The van der Waals surface area contributed by atoms with Crippen LogP contribution in [0.15, 0.2) is 42.6 Å². The quantitative estimate of drug-likeness (QED) is 0.840. The van der Waals surface area contributed by atoms with Gasteiger partial charge in [0.05, 0.1) is 11.6 Å². The molecule has 3 nitrogen and oxygen atoms in total. The maximum absolute atomic E-state index is 12.2. The number of aryl methyl sites for hydroxylation is 1. The van der Waals surface area contributed by atoms with Gasteiger partial charge in [-0.05, 0) is 36.6 Å². The zero-order chi connectivity index (χ0) is 14.5. The fourth-order valence-corrected chi connectivity index (χ4v) is 2.23. The van der Waals surface area contributed by atoms with Crippen molar-refractivity contribution < 1.29 is 4.79 Å². The summed E-state index contributed by atoms with van der Waals surface area (Å²) in [5.74, 6) is -0.154. The molecule has 104 valence electrons. The summed E-state index contributed by atoms with van der Waals surface area (Å²) in [5, 5.41) is 2.97. The molecule has 0 fully saturated rings. The van der Waals surface area contributed by atoms with E-state index in [1.54, 1.807) is 18.3 Å². The minimum absolute atomic E-state index is 0.0528. The largest absolute Gasteiger partial charge is 0.352 e. The molecule has 0 saturated carbocycles. The Morgan fingerprint density at radius 3 is 2.60 bits per heavy atom. The summed E-state index contributed by atoms with van der Waals surface area (Å²) in [6.07, 6.45) is 2.73. The van der Waals surface area contributed by atoms with Crippen LogP contribution in [0.5, 0.6) is 0 Å². The number of nitrogens with one attached hydrogen (secondary N) is 2. The van der Waals surface area contributed by atoms with Gasteiger partial charge in [0, 0.05) is 6.20 Å². The molecule has 1 atom stereocenters. The number of hydrogen-bond acceptors (Lipinski definition) is 2. The highest BCUT2D eigenvalue weighted by molar-refractivity contribution is 7.71. The van der Waals surface area contributed by atoms with Gasteiger partial charge in [-0.2, -0.15) is 0 Å². The number of hydrogen-bond donors (Lipinski definition) is 2. The summed E-state index contributed by atoms with van der Waals surface area (Å²) < 4.78 is 0.457. The van der Waals surface area contributed by atoms with E-state index in [2.05, 4.69) is 41.5 Å². The highest BCUT2D eigenvalue weighted by Crippen LogP contribution is 2.14. The zero-order valence-electron chi connectivity index (χ0n) is 11.6. The monoisotopic (exact) mass is 286 g/mol. The number of carbonyl (C=O) groups is 1. The van der Waals surface area contributed by atoms with Crippen LogP contribution in [0, 0.1) is 4.64 Å². The lowest BCUT2D eigenvalue weighted by Gasteiger charge is -2.14. The highest BCUT2D eigenvalue weighted by atomic mass is 32.1. The number of aromatic amines is 1. The molecular formula is C16H18N2OS. The minimum Gasteiger partial charge on any atom is -0.352 e. The number of rotatable bonds is 4. The van der Waals surface area contributed by atoms with E-state index in [0.717, 1.165) is 12.0 Å². The summed E-state index contributed by atoms with van der Waals surface area (Å²) >= 11 is 5.11. The third-order valence-corrected chi connectivity index (χ3v) is 3.64. The molecule has 2 aromatic rings. The average Bonchev–Trinajstić information content (AvgIpc) is 2.47. The van der Waals surface area contributed by atoms with E-state index < -0.39 is 0 Å². The van der Waals surface area contributed by atoms with Crippen LogP contribution in [0.25, 0.3) is 0 Å². The van der Waals surface area contributed by atoms with Gasteiger partial charge in [-0.3, -0.25) is 4.79 Å². The normalized spacial score (nSPS) is 11.9. The fourth-order valence-electron chi connectivity index (χ4n) is 2.00. The van der Waals surface area contributed by atoms with Crippen LogP contribution >= 0.6 is 12.2 Å². The predicted molar refractivity (Wildman–Crippen MR) is 83.3 cm³/mol. The molecule has 0 aliphatic heterocycles. The van der Waals surface area contributed by atoms with E-state index in [-0.39, 0.29) is 11.9 Å². The first kappa shape index (κ1) is 14.5. The average molecular weight is 286 g/mol. The van der Waals surface area contributed by atoms with Crippen LogP contribution in [0.4, 0.5) is 0 Å². The first-order chi connectivity index (χ1) is 9.61. The number of carbonyl (C=O) groups excluding carboxylic acids is 1. The van der Waals surface area contributed by atoms with Gasteiger partial charge in [0.2, 0.25) is 0 Å². The van der Waals surface area contributed by atoms with Gasteiger partial charge in [-0.25, -0.2) is 0 Å². The maximum atomic E-state index is 12.2. The minimum atomic E-state index is -0.154. The number of H-pyrrole nitrogens is 1. The number of pyridine rings is 1. The lowest BCUT2D eigenvalue weighted by atomic mass is 10.0. The second-order valence-electron chi connectivity index (χ2n) is 4.70. The Kier molecular flexibility index (Phi) is 4.69. The van der Waals surface area contributed by atoms with Gasteiger partial charge in [-0.15, -0.1) is 0 Å². The molecule has 1 heterocycles. The maximum Gasteiger partial charge on any atom is 0.254 e. The van der Waals surface area contributed by atoms with Crippen molar-refractivity contribution in [2.24, 2.45) is 0 Å². The number of aromatic nitrogens is 1. The van der Waals surface area contributed by atoms with Crippen molar-refractivity contribution in [3.63, 3.8) is 0 Å². The highest BCUT2D eigenvalue weighted by Gasteiger charge is 2.12. The van der Waals surface area contributed by atoms with Crippen LogP contribution in [0.2, 0.25) is 0 Å². The summed E-state index contributed by atoms with van der Waals surface area (Å²) in [5.41, 5.74) is 2.87. The van der Waals surface area contributed by atoms with Crippen molar-refractivity contribution in [1.29, 1.82) is 0 Å². The van der Waals surface area contributed by atoms with E-state index in [1.165, 1.54) is 5.56 Å². The van der Waals surface area contributed by atoms with Crippen molar-refractivity contribution in [1.82, 2.24) is 10.3 Å². The van der Waals surface area contributed by atoms with Crippen molar-refractivity contribution in [2.75, 3.05) is 0 Å². The first-order valence-corrected chi connectivity index (χ1v) is 7.10. The Bertz CT molecular complexity index is 646. The van der Waals surface area contributed by atoms with Gasteiger partial charge >= 0.3 is 0 Å². The Balaban J connectivity index is 2.11. The Morgan fingerprint density at radius 2 is 2.00 bits per heavy atom. The van der Waals surface area contributed by atoms with Crippen molar-refractivity contribution in [3.8, 4) is 0 Å². The van der Waals surface area contributed by atoms with Crippen molar-refractivity contribution >= 4 is 18.1 Å². The van der Waals surface area contributed by atoms with Gasteiger partial charge in [0.15, 0.2) is 0 Å². The summed E-state index contributed by atoms with van der Waals surface area (Å²) in [4.78, 5) is 15.0. The first-order valence-electron chi connectivity index (χ1n) is 6.69. The van der Waals surface area contributed by atoms with E-state index in [9.17, 15) is 4.79 Å². The van der Waals surface area contributed by atoms with Gasteiger partial charge < -0.3 is 10.3 Å². The molecule has 1 aromatic carbocycles. The molecule has 0 aliphatic carbocycles. The molecule has 0 radical (unpaired) electrons. The molecule has 0 saturated heterocycles. The van der Waals surface area contributed by atoms with Crippen molar-refractivity contribution in [3.05, 3.63) is 63.9 Å². The smallest absolute Gasteiger partial charge is 0.254 e. The predicted octanol–water partition coefficient (Wildman–Crippen LogP) is 3.80. The molecule has 0 bridgehead atoms. The van der Waals surface area contributed by atoms with E-state index in [1.807, 2.05) is 6.92 Å². The summed E-state index contributed by atoms with van der Waals surface area (Å²) in [6.45, 7) is 4.09. The molecule has 1 amide bonds. The molecule has 0 spiro atoms. The number of benzene rings is 1. The lowest BCUT2D eigenvalue weighted by molar-refractivity contribution is 0.0939. The van der Waals surface area contributed by atoms with E-state index >= 15 is 0 Å².